The maximum Gasteiger partial charge on any atom is 0.272 e. The summed E-state index contributed by atoms with van der Waals surface area (Å²) >= 11 is 1.43. The molecule has 1 aliphatic heterocycles. The number of likely N-dealkylation sites (tertiary alicyclic amines) is 1. The first-order valence-electron chi connectivity index (χ1n) is 7.46. The Bertz CT molecular complexity index is 945. The van der Waals surface area contributed by atoms with Crippen LogP contribution in [-0.2, 0) is 4.79 Å². The van der Waals surface area contributed by atoms with Crippen LogP contribution in [0.25, 0.3) is 20.7 Å². The van der Waals surface area contributed by atoms with Gasteiger partial charge in [0.15, 0.2) is 0 Å². The van der Waals surface area contributed by atoms with Crippen LogP contribution in [0.2, 0.25) is 0 Å². The average Bonchev–Trinajstić information content (AvgIpc) is 3.15. The zero-order chi connectivity index (χ0) is 16.0. The highest BCUT2D eigenvalue weighted by Crippen LogP contribution is 2.31. The van der Waals surface area contributed by atoms with Gasteiger partial charge >= 0.3 is 0 Å². The Balaban J connectivity index is 1.83. The van der Waals surface area contributed by atoms with Crippen molar-refractivity contribution in [1.82, 2.24) is 14.5 Å². The van der Waals surface area contributed by atoms with Crippen molar-refractivity contribution in [2.75, 3.05) is 13.6 Å². The standard InChI is InChI=1S/C17H15N3O2S/c1-19-8-7-13(16(19)21)20-10-18-12-9-14(23-15(12)17(20)22)11-5-3-2-4-6-11/h2-6,9-10,13H,7-8H2,1H3/t13-/m0/s1. The lowest BCUT2D eigenvalue weighted by Gasteiger charge is -2.12. The van der Waals surface area contributed by atoms with Crippen LogP contribution in [-0.4, -0.2) is 34.0 Å². The molecule has 5 nitrogen and oxygen atoms in total. The molecule has 0 N–H and O–H groups in total. The van der Waals surface area contributed by atoms with Crippen molar-refractivity contribution >= 4 is 27.5 Å². The third-order valence-electron chi connectivity index (χ3n) is 4.26. The fraction of sp³-hybridized carbons (Fsp3) is 0.235. The minimum absolute atomic E-state index is 0.0203. The Morgan fingerprint density at radius 2 is 2.00 bits per heavy atom. The summed E-state index contributed by atoms with van der Waals surface area (Å²) in [6.07, 6.45) is 2.16. The van der Waals surface area contributed by atoms with Crippen molar-refractivity contribution < 1.29 is 4.79 Å². The predicted molar refractivity (Wildman–Crippen MR) is 90.6 cm³/mol. The maximum atomic E-state index is 12.8. The number of benzene rings is 1. The lowest BCUT2D eigenvalue weighted by atomic mass is 10.2. The molecule has 6 heteroatoms. The molecule has 0 spiro atoms. The van der Waals surface area contributed by atoms with Crippen LogP contribution in [0.4, 0.5) is 0 Å². The molecule has 1 fully saturated rings. The second-order valence-electron chi connectivity index (χ2n) is 5.71. The summed E-state index contributed by atoms with van der Waals surface area (Å²) in [6.45, 7) is 0.674. The van der Waals surface area contributed by atoms with Crippen molar-refractivity contribution in [3.05, 3.63) is 53.1 Å². The van der Waals surface area contributed by atoms with Gasteiger partial charge in [0.2, 0.25) is 5.91 Å². The van der Waals surface area contributed by atoms with Gasteiger partial charge in [0.1, 0.15) is 10.7 Å². The second kappa shape index (κ2) is 5.31. The normalized spacial score (nSPS) is 18.0. The third kappa shape index (κ3) is 2.26. The minimum atomic E-state index is -0.424. The van der Waals surface area contributed by atoms with Crippen molar-refractivity contribution in [3.8, 4) is 10.4 Å². The molecular weight excluding hydrogens is 310 g/mol. The molecule has 1 atom stereocenters. The van der Waals surface area contributed by atoms with Gasteiger partial charge in [-0.05, 0) is 18.1 Å². The number of thiophene rings is 1. The zero-order valence-electron chi connectivity index (χ0n) is 12.6. The van der Waals surface area contributed by atoms with Crippen molar-refractivity contribution in [2.24, 2.45) is 0 Å². The molecular formula is C17H15N3O2S. The van der Waals surface area contributed by atoms with E-state index in [0.29, 0.717) is 23.2 Å². The number of carbonyl (C=O) groups is 1. The van der Waals surface area contributed by atoms with E-state index in [2.05, 4.69) is 4.98 Å². The number of hydrogen-bond acceptors (Lipinski definition) is 4. The minimum Gasteiger partial charge on any atom is -0.344 e. The van der Waals surface area contributed by atoms with Crippen LogP contribution in [0.3, 0.4) is 0 Å². The van der Waals surface area contributed by atoms with Crippen molar-refractivity contribution in [2.45, 2.75) is 12.5 Å². The second-order valence-corrected chi connectivity index (χ2v) is 6.76. The monoisotopic (exact) mass is 325 g/mol. The van der Waals surface area contributed by atoms with E-state index < -0.39 is 6.04 Å². The molecule has 4 rings (SSSR count). The van der Waals surface area contributed by atoms with Crippen LogP contribution in [0.15, 0.2) is 47.5 Å². The largest absolute Gasteiger partial charge is 0.344 e. The Hall–Kier alpha value is -2.47. The Kier molecular flexibility index (Phi) is 3.27. The summed E-state index contributed by atoms with van der Waals surface area (Å²) in [4.78, 5) is 32.0. The number of nitrogens with zero attached hydrogens (tertiary/aromatic N) is 3. The summed E-state index contributed by atoms with van der Waals surface area (Å²) in [6, 6.07) is 11.4. The first kappa shape index (κ1) is 14.1. The molecule has 0 bridgehead atoms. The molecule has 0 radical (unpaired) electrons. The van der Waals surface area contributed by atoms with Gasteiger partial charge in [0.25, 0.3) is 5.56 Å². The highest BCUT2D eigenvalue weighted by atomic mass is 32.1. The predicted octanol–water partition coefficient (Wildman–Crippen LogP) is 2.53. The SMILES string of the molecule is CN1CC[C@H](n2cnc3cc(-c4ccccc4)sc3c2=O)C1=O. The van der Waals surface area contributed by atoms with Gasteiger partial charge < -0.3 is 4.90 Å². The first-order valence-corrected chi connectivity index (χ1v) is 8.28. The topological polar surface area (TPSA) is 55.2 Å². The summed E-state index contributed by atoms with van der Waals surface area (Å²) < 4.78 is 2.09. The van der Waals surface area contributed by atoms with Gasteiger partial charge in [-0.3, -0.25) is 14.2 Å². The summed E-state index contributed by atoms with van der Waals surface area (Å²) in [5, 5.41) is 0. The number of rotatable bonds is 2. The fourth-order valence-electron chi connectivity index (χ4n) is 2.95. The van der Waals surface area contributed by atoms with Crippen LogP contribution >= 0.6 is 11.3 Å². The van der Waals surface area contributed by atoms with Gasteiger partial charge in [-0.1, -0.05) is 30.3 Å². The lowest BCUT2D eigenvalue weighted by Crippen LogP contribution is -2.30. The molecule has 0 saturated carbocycles. The Morgan fingerprint density at radius 3 is 2.70 bits per heavy atom. The summed E-state index contributed by atoms with van der Waals surface area (Å²) in [5.41, 5.74) is 1.63. The van der Waals surface area contributed by atoms with Crippen LogP contribution < -0.4 is 5.56 Å². The van der Waals surface area contributed by atoms with E-state index >= 15 is 0 Å². The van der Waals surface area contributed by atoms with Gasteiger partial charge in [-0.2, -0.15) is 0 Å². The summed E-state index contributed by atoms with van der Waals surface area (Å²) in [7, 11) is 1.76. The number of carbonyl (C=O) groups excluding carboxylic acids is 1. The molecule has 23 heavy (non-hydrogen) atoms. The van der Waals surface area contributed by atoms with Gasteiger partial charge in [0.05, 0.1) is 11.8 Å². The van der Waals surface area contributed by atoms with E-state index in [1.165, 1.54) is 22.2 Å². The van der Waals surface area contributed by atoms with Gasteiger partial charge in [-0.25, -0.2) is 4.98 Å². The van der Waals surface area contributed by atoms with E-state index in [0.717, 1.165) is 10.4 Å². The molecule has 1 amide bonds. The maximum absolute atomic E-state index is 12.8. The lowest BCUT2D eigenvalue weighted by molar-refractivity contribution is -0.129. The average molecular weight is 325 g/mol. The molecule has 0 unspecified atom stereocenters. The van der Waals surface area contributed by atoms with Crippen molar-refractivity contribution in [1.29, 1.82) is 0 Å². The number of amides is 1. The van der Waals surface area contributed by atoms with Crippen molar-refractivity contribution in [3.63, 3.8) is 0 Å². The van der Waals surface area contributed by atoms with E-state index in [4.69, 9.17) is 0 Å². The molecule has 116 valence electrons. The van der Waals surface area contributed by atoms with Crippen LogP contribution in [0.1, 0.15) is 12.5 Å². The highest BCUT2D eigenvalue weighted by Gasteiger charge is 2.31. The zero-order valence-corrected chi connectivity index (χ0v) is 13.4. The smallest absolute Gasteiger partial charge is 0.272 e. The van der Waals surface area contributed by atoms with E-state index in [9.17, 15) is 9.59 Å². The molecule has 0 aliphatic carbocycles. The number of likely N-dealkylation sites (N-methyl/N-ethyl adjacent to an activating group) is 1. The number of hydrogen-bond donors (Lipinski definition) is 0. The number of aromatic nitrogens is 2. The van der Waals surface area contributed by atoms with E-state index in [1.54, 1.807) is 11.9 Å². The number of fused-ring (bicyclic) bond motifs is 1. The fourth-order valence-corrected chi connectivity index (χ4v) is 4.01. The highest BCUT2D eigenvalue weighted by molar-refractivity contribution is 7.22. The van der Waals surface area contributed by atoms with E-state index in [1.807, 2.05) is 36.4 Å². The molecule has 1 aliphatic rings. The van der Waals surface area contributed by atoms with Crippen LogP contribution in [0, 0.1) is 0 Å². The van der Waals surface area contributed by atoms with Crippen LogP contribution in [0.5, 0.6) is 0 Å². The molecule has 1 saturated heterocycles. The third-order valence-corrected chi connectivity index (χ3v) is 5.42. The quantitative estimate of drug-likeness (QED) is 0.727. The van der Waals surface area contributed by atoms with Gasteiger partial charge in [0, 0.05) is 18.5 Å². The molecule has 3 heterocycles. The van der Waals surface area contributed by atoms with Gasteiger partial charge in [-0.15, -0.1) is 11.3 Å². The first-order chi connectivity index (χ1) is 11.1. The van der Waals surface area contributed by atoms with E-state index in [-0.39, 0.29) is 11.5 Å². The Labute approximate surface area is 136 Å². The molecule has 1 aromatic carbocycles. The molecule has 3 aromatic rings. The molecule has 2 aromatic heterocycles. The summed E-state index contributed by atoms with van der Waals surface area (Å²) in [5.74, 6) is -0.0203. The Morgan fingerprint density at radius 1 is 1.22 bits per heavy atom.